The largest absolute Gasteiger partial charge is 0.486 e. The predicted molar refractivity (Wildman–Crippen MR) is 93.9 cm³/mol. The van der Waals surface area contributed by atoms with Crippen molar-refractivity contribution in [1.82, 2.24) is 0 Å². The van der Waals surface area contributed by atoms with E-state index in [9.17, 15) is 4.79 Å². The monoisotopic (exact) mass is 360 g/mol. The molecule has 0 bridgehead atoms. The Labute approximate surface area is 140 Å². The van der Waals surface area contributed by atoms with Gasteiger partial charge in [-0.2, -0.15) is 0 Å². The second-order valence-electron chi connectivity index (χ2n) is 5.24. The van der Waals surface area contributed by atoms with E-state index in [0.29, 0.717) is 10.9 Å². The van der Waals surface area contributed by atoms with Crippen LogP contribution in [0.5, 0.6) is 5.75 Å². The Bertz CT molecular complexity index is 578. The molecule has 0 saturated carbocycles. The highest BCUT2D eigenvalue weighted by Gasteiger charge is 2.13. The van der Waals surface area contributed by atoms with E-state index in [2.05, 4.69) is 35.0 Å². The van der Waals surface area contributed by atoms with Crippen molar-refractivity contribution in [2.24, 2.45) is 0 Å². The third-order valence-electron chi connectivity index (χ3n) is 3.57. The zero-order valence-corrected chi connectivity index (χ0v) is 14.4. The third kappa shape index (κ3) is 4.70. The van der Waals surface area contributed by atoms with Crippen molar-refractivity contribution in [3.63, 3.8) is 0 Å². The molecular formula is C19H21BrO2. The van der Waals surface area contributed by atoms with Gasteiger partial charge in [-0.25, -0.2) is 0 Å². The Hall–Kier alpha value is -1.61. The Balaban J connectivity index is 2.11. The fourth-order valence-corrected chi connectivity index (χ4v) is 2.64. The van der Waals surface area contributed by atoms with E-state index >= 15 is 0 Å². The molecule has 0 aliphatic rings. The minimum Gasteiger partial charge on any atom is -0.486 e. The second kappa shape index (κ2) is 8.74. The summed E-state index contributed by atoms with van der Waals surface area (Å²) in [5.41, 5.74) is 1.89. The lowest BCUT2D eigenvalue weighted by molar-refractivity contribution is 0.102. The van der Waals surface area contributed by atoms with Crippen LogP contribution in [0.3, 0.4) is 0 Å². The van der Waals surface area contributed by atoms with Gasteiger partial charge >= 0.3 is 0 Å². The summed E-state index contributed by atoms with van der Waals surface area (Å²) in [4.78, 5) is 11.6. The van der Waals surface area contributed by atoms with Crippen LogP contribution < -0.4 is 4.74 Å². The van der Waals surface area contributed by atoms with Gasteiger partial charge < -0.3 is 4.74 Å². The number of ketones is 1. The van der Waals surface area contributed by atoms with E-state index in [-0.39, 0.29) is 11.9 Å². The summed E-state index contributed by atoms with van der Waals surface area (Å²) < 4.78 is 6.15. The first-order valence-corrected chi connectivity index (χ1v) is 8.77. The van der Waals surface area contributed by atoms with Gasteiger partial charge in [-0.15, -0.1) is 0 Å². The molecule has 2 rings (SSSR count). The van der Waals surface area contributed by atoms with Crippen LogP contribution in [0.4, 0.5) is 0 Å². The topological polar surface area (TPSA) is 26.3 Å². The number of halogens is 1. The molecule has 116 valence electrons. The third-order valence-corrected chi connectivity index (χ3v) is 4.08. The van der Waals surface area contributed by atoms with Crippen LogP contribution in [-0.2, 0) is 0 Å². The molecule has 0 fully saturated rings. The quantitative estimate of drug-likeness (QED) is 0.454. The lowest BCUT2D eigenvalue weighted by atomic mass is 10.0. The summed E-state index contributed by atoms with van der Waals surface area (Å²) >= 11 is 3.19. The van der Waals surface area contributed by atoms with Gasteiger partial charge in [-0.3, -0.25) is 4.79 Å². The molecule has 0 spiro atoms. The Kier molecular flexibility index (Phi) is 6.66. The van der Waals surface area contributed by atoms with Crippen LogP contribution in [0, 0.1) is 0 Å². The molecule has 2 nitrogen and oxygen atoms in total. The molecule has 0 aliphatic heterocycles. The van der Waals surface area contributed by atoms with Crippen LogP contribution in [0.25, 0.3) is 0 Å². The van der Waals surface area contributed by atoms with Gasteiger partial charge in [-0.05, 0) is 42.7 Å². The fourth-order valence-electron chi connectivity index (χ4n) is 2.31. The molecule has 2 aromatic carbocycles. The van der Waals surface area contributed by atoms with Crippen molar-refractivity contribution in [2.45, 2.75) is 32.3 Å². The first-order chi connectivity index (χ1) is 10.7. The molecule has 0 radical (unpaired) electrons. The maximum Gasteiger partial charge on any atom is 0.173 e. The molecule has 0 aliphatic carbocycles. The maximum atomic E-state index is 11.6. The molecule has 22 heavy (non-hydrogen) atoms. The van der Waals surface area contributed by atoms with Gasteiger partial charge in [0.05, 0.1) is 5.33 Å². The Morgan fingerprint density at radius 3 is 2.36 bits per heavy atom. The average molecular weight is 361 g/mol. The number of unbranched alkanes of at least 4 members (excludes halogenated alkanes) is 1. The average Bonchev–Trinajstić information content (AvgIpc) is 2.59. The molecule has 2 aromatic rings. The second-order valence-corrected chi connectivity index (χ2v) is 5.80. The molecule has 1 unspecified atom stereocenters. The fraction of sp³-hybridized carbons (Fsp3) is 0.316. The number of hydrogen-bond donors (Lipinski definition) is 0. The van der Waals surface area contributed by atoms with E-state index in [1.165, 1.54) is 5.56 Å². The van der Waals surface area contributed by atoms with Gasteiger partial charge in [0.1, 0.15) is 11.9 Å². The van der Waals surface area contributed by atoms with E-state index < -0.39 is 0 Å². The Morgan fingerprint density at radius 2 is 1.77 bits per heavy atom. The number of rotatable bonds is 8. The highest BCUT2D eigenvalue weighted by molar-refractivity contribution is 9.09. The van der Waals surface area contributed by atoms with Crippen LogP contribution in [0.2, 0.25) is 0 Å². The summed E-state index contributed by atoms with van der Waals surface area (Å²) in [7, 11) is 0. The van der Waals surface area contributed by atoms with Crippen molar-refractivity contribution >= 4 is 21.7 Å². The van der Waals surface area contributed by atoms with Crippen LogP contribution in [-0.4, -0.2) is 11.1 Å². The number of alkyl halides is 1. The first-order valence-electron chi connectivity index (χ1n) is 7.65. The van der Waals surface area contributed by atoms with Gasteiger partial charge in [0, 0.05) is 5.56 Å². The number of hydrogen-bond acceptors (Lipinski definition) is 2. The smallest absolute Gasteiger partial charge is 0.173 e. The molecule has 0 saturated heterocycles. The molecule has 3 heteroatoms. The van der Waals surface area contributed by atoms with Crippen molar-refractivity contribution < 1.29 is 9.53 Å². The maximum absolute atomic E-state index is 11.6. The zero-order valence-electron chi connectivity index (χ0n) is 12.8. The lowest BCUT2D eigenvalue weighted by Crippen LogP contribution is -2.08. The SMILES string of the molecule is CCCCC(Oc1ccc(C(=O)CBr)cc1)c1ccccc1. The van der Waals surface area contributed by atoms with Crippen molar-refractivity contribution in [3.8, 4) is 5.75 Å². The minimum atomic E-state index is 0.0545. The number of carbonyl (C=O) groups is 1. The zero-order chi connectivity index (χ0) is 15.8. The lowest BCUT2D eigenvalue weighted by Gasteiger charge is -2.19. The summed E-state index contributed by atoms with van der Waals surface area (Å²) in [6, 6.07) is 17.7. The normalized spacial score (nSPS) is 11.9. The van der Waals surface area contributed by atoms with Gasteiger partial charge in [-0.1, -0.05) is 59.6 Å². The summed E-state index contributed by atoms with van der Waals surface area (Å²) in [5, 5.41) is 0.344. The highest BCUT2D eigenvalue weighted by Crippen LogP contribution is 2.26. The van der Waals surface area contributed by atoms with Crippen LogP contribution >= 0.6 is 15.9 Å². The molecule has 1 atom stereocenters. The standard InChI is InChI=1S/C19H21BrO2/c1-2-3-9-19(16-7-5-4-6-8-16)22-17-12-10-15(11-13-17)18(21)14-20/h4-8,10-13,19H,2-3,9,14H2,1H3. The summed E-state index contributed by atoms with van der Waals surface area (Å²) in [6.45, 7) is 2.18. The van der Waals surface area contributed by atoms with Gasteiger partial charge in [0.25, 0.3) is 0 Å². The summed E-state index contributed by atoms with van der Waals surface area (Å²) in [6.07, 6.45) is 3.31. The van der Waals surface area contributed by atoms with E-state index in [1.54, 1.807) is 0 Å². The predicted octanol–water partition coefficient (Wildman–Crippen LogP) is 5.57. The minimum absolute atomic E-state index is 0.0545. The van der Waals surface area contributed by atoms with E-state index in [4.69, 9.17) is 4.74 Å². The number of Topliss-reactive ketones (excluding diaryl/α,β-unsaturated/α-hetero) is 1. The van der Waals surface area contributed by atoms with Crippen molar-refractivity contribution in [3.05, 3.63) is 65.7 Å². The van der Waals surface area contributed by atoms with E-state index in [0.717, 1.165) is 25.0 Å². The Morgan fingerprint density at radius 1 is 1.09 bits per heavy atom. The van der Waals surface area contributed by atoms with Gasteiger partial charge in [0.2, 0.25) is 0 Å². The molecule has 0 amide bonds. The molecule has 0 aromatic heterocycles. The summed E-state index contributed by atoms with van der Waals surface area (Å²) in [5.74, 6) is 0.883. The molecular weight excluding hydrogens is 340 g/mol. The highest BCUT2D eigenvalue weighted by atomic mass is 79.9. The van der Waals surface area contributed by atoms with E-state index in [1.807, 2.05) is 42.5 Å². The molecule has 0 N–H and O–H groups in total. The number of ether oxygens (including phenoxy) is 1. The molecule has 0 heterocycles. The van der Waals surface area contributed by atoms with Gasteiger partial charge in [0.15, 0.2) is 5.78 Å². The first kappa shape index (κ1) is 16.8. The number of benzene rings is 2. The van der Waals surface area contributed by atoms with Crippen LogP contribution in [0.1, 0.15) is 48.2 Å². The number of carbonyl (C=O) groups excluding carboxylic acids is 1. The van der Waals surface area contributed by atoms with Crippen molar-refractivity contribution in [1.29, 1.82) is 0 Å². The van der Waals surface area contributed by atoms with Crippen molar-refractivity contribution in [2.75, 3.05) is 5.33 Å². The van der Waals surface area contributed by atoms with Crippen LogP contribution in [0.15, 0.2) is 54.6 Å².